The molecule has 1 aliphatic heterocycles. The van der Waals surface area contributed by atoms with Gasteiger partial charge in [0.15, 0.2) is 0 Å². The van der Waals surface area contributed by atoms with Gasteiger partial charge in [0.25, 0.3) is 0 Å². The molecule has 0 aromatic heterocycles. The van der Waals surface area contributed by atoms with Crippen LogP contribution in [-0.2, 0) is 9.53 Å². The molecular formula is C15H25F3N2O3. The molecule has 0 saturated carbocycles. The first-order valence-electron chi connectivity index (χ1n) is 7.72. The van der Waals surface area contributed by atoms with Crippen molar-refractivity contribution in [2.45, 2.75) is 64.8 Å². The molecule has 0 aromatic rings. The predicted octanol–water partition coefficient (Wildman–Crippen LogP) is 3.09. The molecule has 2 amide bonds. The molecule has 134 valence electrons. The van der Waals surface area contributed by atoms with Crippen LogP contribution in [0.5, 0.6) is 0 Å². The minimum atomic E-state index is -4.28. The second kappa shape index (κ2) is 7.40. The minimum Gasteiger partial charge on any atom is -0.444 e. The van der Waals surface area contributed by atoms with Gasteiger partial charge in [-0.3, -0.25) is 4.79 Å². The molecule has 1 saturated heterocycles. The SMILES string of the molecule is C[C@@H](CC(=O)N1CCC[C@H](C(F)(F)F)C1)NC(=O)OC(C)(C)C. The van der Waals surface area contributed by atoms with Gasteiger partial charge in [0.1, 0.15) is 5.60 Å². The Bertz CT molecular complexity index is 433. The van der Waals surface area contributed by atoms with E-state index < -0.39 is 29.8 Å². The number of alkyl carbamates (subject to hydrolysis) is 1. The number of likely N-dealkylation sites (tertiary alicyclic amines) is 1. The van der Waals surface area contributed by atoms with Crippen molar-refractivity contribution in [2.75, 3.05) is 13.1 Å². The molecule has 23 heavy (non-hydrogen) atoms. The molecular weight excluding hydrogens is 313 g/mol. The fourth-order valence-corrected chi connectivity index (χ4v) is 2.42. The van der Waals surface area contributed by atoms with Crippen molar-refractivity contribution in [1.29, 1.82) is 0 Å². The van der Waals surface area contributed by atoms with Gasteiger partial charge in [-0.2, -0.15) is 13.2 Å². The molecule has 0 aliphatic carbocycles. The first-order valence-corrected chi connectivity index (χ1v) is 7.72. The molecule has 0 unspecified atom stereocenters. The number of nitrogens with one attached hydrogen (secondary N) is 1. The zero-order valence-electron chi connectivity index (χ0n) is 14.0. The van der Waals surface area contributed by atoms with E-state index in [1.54, 1.807) is 27.7 Å². The Morgan fingerprint density at radius 3 is 2.43 bits per heavy atom. The number of piperidine rings is 1. The molecule has 2 atom stereocenters. The Hall–Kier alpha value is -1.47. The quantitative estimate of drug-likeness (QED) is 0.860. The molecule has 1 heterocycles. The van der Waals surface area contributed by atoms with E-state index >= 15 is 0 Å². The summed E-state index contributed by atoms with van der Waals surface area (Å²) in [7, 11) is 0. The lowest BCUT2D eigenvalue weighted by Gasteiger charge is -2.34. The van der Waals surface area contributed by atoms with Crippen LogP contribution in [0.3, 0.4) is 0 Å². The van der Waals surface area contributed by atoms with Crippen LogP contribution in [0.15, 0.2) is 0 Å². The molecule has 1 rings (SSSR count). The second-order valence-corrected chi connectivity index (χ2v) is 6.97. The highest BCUT2D eigenvalue weighted by Gasteiger charge is 2.42. The van der Waals surface area contributed by atoms with Gasteiger partial charge >= 0.3 is 12.3 Å². The van der Waals surface area contributed by atoms with Crippen LogP contribution in [0.2, 0.25) is 0 Å². The summed E-state index contributed by atoms with van der Waals surface area (Å²) >= 11 is 0. The van der Waals surface area contributed by atoms with Crippen molar-refractivity contribution in [2.24, 2.45) is 5.92 Å². The molecule has 5 nitrogen and oxygen atoms in total. The molecule has 0 aromatic carbocycles. The van der Waals surface area contributed by atoms with Crippen molar-refractivity contribution in [3.05, 3.63) is 0 Å². The van der Waals surface area contributed by atoms with Gasteiger partial charge in [-0.1, -0.05) is 0 Å². The minimum absolute atomic E-state index is 0.0518. The van der Waals surface area contributed by atoms with Crippen LogP contribution in [0, 0.1) is 5.92 Å². The van der Waals surface area contributed by atoms with E-state index in [0.717, 1.165) is 0 Å². The second-order valence-electron chi connectivity index (χ2n) is 6.97. The number of amides is 2. The Morgan fingerprint density at radius 2 is 1.91 bits per heavy atom. The van der Waals surface area contributed by atoms with Crippen molar-refractivity contribution in [3.8, 4) is 0 Å². The molecule has 1 N–H and O–H groups in total. The van der Waals surface area contributed by atoms with Crippen molar-refractivity contribution in [3.63, 3.8) is 0 Å². The number of rotatable bonds is 3. The number of carbonyl (C=O) groups is 2. The van der Waals surface area contributed by atoms with Crippen molar-refractivity contribution in [1.82, 2.24) is 10.2 Å². The van der Waals surface area contributed by atoms with E-state index in [0.29, 0.717) is 13.0 Å². The standard InChI is InChI=1S/C15H25F3N2O3/c1-10(19-13(22)23-14(2,3)4)8-12(21)20-7-5-6-11(9-20)15(16,17)18/h10-11H,5-9H2,1-4H3,(H,19,22)/t10-,11-/m0/s1. The number of nitrogens with zero attached hydrogens (tertiary/aromatic N) is 1. The Labute approximate surface area is 134 Å². The Kier molecular flexibility index (Phi) is 6.30. The van der Waals surface area contributed by atoms with E-state index in [9.17, 15) is 22.8 Å². The van der Waals surface area contributed by atoms with Crippen LogP contribution < -0.4 is 5.32 Å². The third kappa shape index (κ3) is 7.09. The topological polar surface area (TPSA) is 58.6 Å². The van der Waals surface area contributed by atoms with E-state index in [1.165, 1.54) is 4.90 Å². The average Bonchev–Trinajstić information content (AvgIpc) is 2.35. The number of halogens is 3. The summed E-state index contributed by atoms with van der Waals surface area (Å²) in [6.07, 6.45) is -4.59. The number of hydrogen-bond acceptors (Lipinski definition) is 3. The fraction of sp³-hybridized carbons (Fsp3) is 0.867. The average molecular weight is 338 g/mol. The molecule has 0 radical (unpaired) electrons. The zero-order valence-corrected chi connectivity index (χ0v) is 14.0. The summed E-state index contributed by atoms with van der Waals surface area (Å²) in [4.78, 5) is 24.9. The number of ether oxygens (including phenoxy) is 1. The Morgan fingerprint density at radius 1 is 1.30 bits per heavy atom. The van der Waals surface area contributed by atoms with Gasteiger partial charge in [0.2, 0.25) is 5.91 Å². The maximum absolute atomic E-state index is 12.8. The monoisotopic (exact) mass is 338 g/mol. The maximum Gasteiger partial charge on any atom is 0.407 e. The lowest BCUT2D eigenvalue weighted by atomic mass is 9.97. The van der Waals surface area contributed by atoms with Crippen LogP contribution >= 0.6 is 0 Å². The first kappa shape index (κ1) is 19.6. The lowest BCUT2D eigenvalue weighted by Crippen LogP contribution is -2.47. The predicted molar refractivity (Wildman–Crippen MR) is 78.8 cm³/mol. The number of alkyl halides is 3. The van der Waals surface area contributed by atoms with Crippen molar-refractivity contribution >= 4 is 12.0 Å². The van der Waals surface area contributed by atoms with E-state index in [4.69, 9.17) is 4.74 Å². The molecule has 1 fully saturated rings. The van der Waals surface area contributed by atoms with Crippen LogP contribution in [0.4, 0.5) is 18.0 Å². The molecule has 1 aliphatic rings. The van der Waals surface area contributed by atoms with Gasteiger partial charge in [-0.05, 0) is 40.5 Å². The molecule has 8 heteroatoms. The van der Waals surface area contributed by atoms with E-state index in [1.807, 2.05) is 0 Å². The van der Waals surface area contributed by atoms with Gasteiger partial charge in [-0.25, -0.2) is 4.79 Å². The highest BCUT2D eigenvalue weighted by atomic mass is 19.4. The van der Waals surface area contributed by atoms with Gasteiger partial charge < -0.3 is 15.0 Å². The highest BCUT2D eigenvalue weighted by molar-refractivity contribution is 5.78. The fourth-order valence-electron chi connectivity index (χ4n) is 2.42. The lowest BCUT2D eigenvalue weighted by molar-refractivity contribution is -0.188. The van der Waals surface area contributed by atoms with E-state index in [-0.39, 0.29) is 25.3 Å². The molecule has 0 spiro atoms. The zero-order chi connectivity index (χ0) is 17.8. The molecule has 0 bridgehead atoms. The first-order chi connectivity index (χ1) is 10.4. The van der Waals surface area contributed by atoms with Gasteiger partial charge in [-0.15, -0.1) is 0 Å². The summed E-state index contributed by atoms with van der Waals surface area (Å²) in [5.74, 6) is -1.85. The third-order valence-electron chi connectivity index (χ3n) is 3.48. The summed E-state index contributed by atoms with van der Waals surface area (Å²) in [6.45, 7) is 6.79. The highest BCUT2D eigenvalue weighted by Crippen LogP contribution is 2.33. The van der Waals surface area contributed by atoms with Gasteiger partial charge in [0, 0.05) is 25.6 Å². The smallest absolute Gasteiger partial charge is 0.407 e. The summed E-state index contributed by atoms with van der Waals surface area (Å²) in [6, 6.07) is -0.511. The van der Waals surface area contributed by atoms with E-state index in [2.05, 4.69) is 5.32 Å². The Balaban J connectivity index is 2.47. The normalized spacial score (nSPS) is 20.8. The summed E-state index contributed by atoms with van der Waals surface area (Å²) in [5, 5.41) is 2.52. The van der Waals surface area contributed by atoms with Crippen LogP contribution in [0.1, 0.15) is 47.0 Å². The summed E-state index contributed by atoms with van der Waals surface area (Å²) < 4.78 is 43.3. The summed E-state index contributed by atoms with van der Waals surface area (Å²) in [5.41, 5.74) is -0.652. The third-order valence-corrected chi connectivity index (χ3v) is 3.48. The van der Waals surface area contributed by atoms with Crippen LogP contribution in [-0.4, -0.2) is 47.8 Å². The number of carbonyl (C=O) groups excluding carboxylic acids is 2. The maximum atomic E-state index is 12.8. The van der Waals surface area contributed by atoms with Gasteiger partial charge in [0.05, 0.1) is 5.92 Å². The van der Waals surface area contributed by atoms with Crippen LogP contribution in [0.25, 0.3) is 0 Å². The largest absolute Gasteiger partial charge is 0.444 e. The van der Waals surface area contributed by atoms with Crippen molar-refractivity contribution < 1.29 is 27.5 Å². The number of hydrogen-bond donors (Lipinski definition) is 1.